The van der Waals surface area contributed by atoms with E-state index in [1.54, 1.807) is 51.3 Å². The maximum Gasteiger partial charge on any atom is 0.326 e. The first-order valence-corrected chi connectivity index (χ1v) is 15.6. The van der Waals surface area contributed by atoms with Gasteiger partial charge in [-0.15, -0.1) is 0 Å². The van der Waals surface area contributed by atoms with Crippen LogP contribution in [0.5, 0.6) is 5.75 Å². The zero-order valence-corrected chi connectivity index (χ0v) is 24.4. The number of esters is 1. The molecule has 0 radical (unpaired) electrons. The highest BCUT2D eigenvalue weighted by atomic mass is 33.1. The number of amides is 4. The predicted molar refractivity (Wildman–Crippen MR) is 154 cm³/mol. The summed E-state index contributed by atoms with van der Waals surface area (Å²) >= 11 is 0. The van der Waals surface area contributed by atoms with E-state index in [4.69, 9.17) is 9.47 Å². The fourth-order valence-corrected chi connectivity index (χ4v) is 6.21. The quantitative estimate of drug-likeness (QED) is 0.229. The van der Waals surface area contributed by atoms with Crippen LogP contribution in [0.3, 0.4) is 0 Å². The zero-order chi connectivity index (χ0) is 29.1. The molecule has 11 nitrogen and oxygen atoms in total. The molecule has 40 heavy (non-hydrogen) atoms. The molecule has 0 spiro atoms. The molecule has 3 rings (SSSR count). The first kappa shape index (κ1) is 31.3. The van der Waals surface area contributed by atoms with Gasteiger partial charge in [-0.05, 0) is 36.1 Å². The van der Waals surface area contributed by atoms with E-state index in [0.29, 0.717) is 17.9 Å². The van der Waals surface area contributed by atoms with Crippen molar-refractivity contribution < 1.29 is 33.4 Å². The molecule has 13 heteroatoms. The molecule has 4 N–H and O–H groups in total. The minimum absolute atomic E-state index is 0.134. The zero-order valence-electron chi connectivity index (χ0n) is 22.8. The second-order valence-corrected chi connectivity index (χ2v) is 12.4. The number of hydrogen-bond donors (Lipinski definition) is 4. The monoisotopic (exact) mass is 592 g/mol. The largest absolute Gasteiger partial charge is 0.497 e. The summed E-state index contributed by atoms with van der Waals surface area (Å²) in [6, 6.07) is 4.12. The van der Waals surface area contributed by atoms with Gasteiger partial charge in [-0.3, -0.25) is 24.0 Å². The molecule has 1 saturated heterocycles. The molecule has 1 aromatic carbocycles. The van der Waals surface area contributed by atoms with Crippen molar-refractivity contribution in [3.05, 3.63) is 42.0 Å². The van der Waals surface area contributed by atoms with Crippen molar-refractivity contribution in [1.82, 2.24) is 21.3 Å². The number of fused-ring (bicyclic) bond motifs is 7. The molecule has 4 amide bonds. The number of carbonyl (C=O) groups is 5. The van der Waals surface area contributed by atoms with Crippen LogP contribution < -0.4 is 26.0 Å². The number of ether oxygens (including phenoxy) is 2. The summed E-state index contributed by atoms with van der Waals surface area (Å²) in [6.07, 6.45) is 3.18. The van der Waals surface area contributed by atoms with E-state index < -0.39 is 60.4 Å². The fraction of sp³-hybridized carbons (Fsp3) is 0.519. The molecule has 2 aliphatic heterocycles. The Labute approximate surface area is 241 Å². The van der Waals surface area contributed by atoms with Gasteiger partial charge in [0, 0.05) is 17.9 Å². The highest BCUT2D eigenvalue weighted by Gasteiger charge is 2.32. The summed E-state index contributed by atoms with van der Waals surface area (Å²) < 4.78 is 10.7. The Hall–Kier alpha value is -3.19. The van der Waals surface area contributed by atoms with Crippen molar-refractivity contribution in [1.29, 1.82) is 0 Å². The minimum Gasteiger partial charge on any atom is -0.497 e. The lowest BCUT2D eigenvalue weighted by Crippen LogP contribution is -2.59. The normalized spacial score (nSPS) is 26.4. The third-order valence-electron chi connectivity index (χ3n) is 6.24. The fourth-order valence-electron chi connectivity index (χ4n) is 4.05. The van der Waals surface area contributed by atoms with Crippen LogP contribution in [-0.4, -0.2) is 79.0 Å². The highest BCUT2D eigenvalue weighted by molar-refractivity contribution is 8.76. The van der Waals surface area contributed by atoms with Crippen LogP contribution in [-0.2, 0) is 35.1 Å². The van der Waals surface area contributed by atoms with Gasteiger partial charge in [-0.25, -0.2) is 0 Å². The van der Waals surface area contributed by atoms with Crippen LogP contribution in [0.2, 0.25) is 0 Å². The Kier molecular flexibility index (Phi) is 12.2. The van der Waals surface area contributed by atoms with Gasteiger partial charge in [0.1, 0.15) is 36.5 Å². The lowest BCUT2D eigenvalue weighted by Gasteiger charge is -2.27. The summed E-state index contributed by atoms with van der Waals surface area (Å²) in [5.74, 6) is -1.57. The van der Waals surface area contributed by atoms with Gasteiger partial charge < -0.3 is 30.7 Å². The number of methoxy groups -OCH3 is 1. The SMILES string of the molecule is COc1ccc(CC2NC(=O)[C@H]3CSSCC/C=C/C(CC(=O)N[C@H](C(C)C)C(=O)N3)OC(=O)CNC2=O)cc1. The molecular weight excluding hydrogens is 556 g/mol. The van der Waals surface area contributed by atoms with Crippen molar-refractivity contribution in [2.75, 3.05) is 25.2 Å². The topological polar surface area (TPSA) is 152 Å². The van der Waals surface area contributed by atoms with E-state index in [1.807, 2.05) is 6.08 Å². The van der Waals surface area contributed by atoms with Crippen LogP contribution in [0.25, 0.3) is 0 Å². The molecule has 1 fully saturated rings. The van der Waals surface area contributed by atoms with Gasteiger partial charge in [0.2, 0.25) is 23.6 Å². The van der Waals surface area contributed by atoms with Crippen LogP contribution in [0.1, 0.15) is 32.3 Å². The van der Waals surface area contributed by atoms with Crippen LogP contribution in [0.4, 0.5) is 0 Å². The molecule has 0 aliphatic carbocycles. The van der Waals surface area contributed by atoms with Gasteiger partial charge >= 0.3 is 5.97 Å². The average Bonchev–Trinajstić information content (AvgIpc) is 2.92. The van der Waals surface area contributed by atoms with Crippen LogP contribution in [0.15, 0.2) is 36.4 Å². The Morgan fingerprint density at radius 2 is 1.73 bits per heavy atom. The number of hydrogen-bond acceptors (Lipinski definition) is 9. The van der Waals surface area contributed by atoms with Gasteiger partial charge in [0.05, 0.1) is 13.5 Å². The summed E-state index contributed by atoms with van der Waals surface area (Å²) in [4.78, 5) is 65.4. The lowest BCUT2D eigenvalue weighted by molar-refractivity contribution is -0.148. The van der Waals surface area contributed by atoms with Gasteiger partial charge in [-0.2, -0.15) is 0 Å². The summed E-state index contributed by atoms with van der Waals surface area (Å²) in [7, 11) is 4.50. The molecule has 2 heterocycles. The molecule has 0 saturated carbocycles. The molecule has 1 aromatic rings. The molecule has 218 valence electrons. The van der Waals surface area contributed by atoms with E-state index in [-0.39, 0.29) is 24.5 Å². The Morgan fingerprint density at radius 3 is 2.42 bits per heavy atom. The second-order valence-electron chi connectivity index (χ2n) is 9.74. The maximum atomic E-state index is 13.5. The number of carbonyl (C=O) groups excluding carboxylic acids is 5. The third-order valence-corrected chi connectivity index (χ3v) is 8.69. The Bertz CT molecular complexity index is 1100. The summed E-state index contributed by atoms with van der Waals surface area (Å²) in [5, 5.41) is 10.8. The molecule has 2 aliphatic rings. The maximum absolute atomic E-state index is 13.5. The van der Waals surface area contributed by atoms with Crippen LogP contribution in [0, 0.1) is 5.92 Å². The van der Waals surface area contributed by atoms with Crippen molar-refractivity contribution in [3.63, 3.8) is 0 Å². The number of benzene rings is 1. The van der Waals surface area contributed by atoms with Crippen molar-refractivity contribution in [3.8, 4) is 5.75 Å². The number of nitrogens with one attached hydrogen (secondary N) is 4. The van der Waals surface area contributed by atoms with E-state index >= 15 is 0 Å². The van der Waals surface area contributed by atoms with Gasteiger partial charge in [0.25, 0.3) is 0 Å². The highest BCUT2D eigenvalue weighted by Crippen LogP contribution is 2.24. The lowest BCUT2D eigenvalue weighted by atomic mass is 10.0. The van der Waals surface area contributed by atoms with Crippen molar-refractivity contribution in [2.24, 2.45) is 5.92 Å². The number of rotatable bonds is 4. The van der Waals surface area contributed by atoms with Gasteiger partial charge in [-0.1, -0.05) is 53.6 Å². The molecule has 0 aromatic heterocycles. The Balaban J connectivity index is 1.96. The molecule has 4 atom stereocenters. The summed E-state index contributed by atoms with van der Waals surface area (Å²) in [6.45, 7) is 3.12. The van der Waals surface area contributed by atoms with E-state index in [9.17, 15) is 24.0 Å². The first-order valence-electron chi connectivity index (χ1n) is 13.1. The predicted octanol–water partition coefficient (Wildman–Crippen LogP) is 1.12. The minimum atomic E-state index is -1.04. The average molecular weight is 593 g/mol. The smallest absolute Gasteiger partial charge is 0.326 e. The van der Waals surface area contributed by atoms with Crippen molar-refractivity contribution in [2.45, 2.75) is 57.3 Å². The van der Waals surface area contributed by atoms with Crippen molar-refractivity contribution >= 4 is 51.2 Å². The standard InChI is InChI=1S/C27H36N4O7S2/c1-16(2)24-27(36)30-21-15-40-39-11-5-4-6-19(13-22(32)31-24)38-23(33)14-28-25(34)20(29-26(21)35)12-17-7-9-18(37-3)10-8-17/h4,6-10,16,19-21,24H,5,11-15H2,1-3H3,(H,28,34)(H,29,35)(H,30,36)(H,31,32)/b6-4+/t19?,20?,21-,24-/m1/s1. The van der Waals surface area contributed by atoms with E-state index in [2.05, 4.69) is 21.3 Å². The molecule has 2 bridgehead atoms. The first-order chi connectivity index (χ1) is 19.2. The van der Waals surface area contributed by atoms with Gasteiger partial charge in [0.15, 0.2) is 0 Å². The molecular formula is C27H36N4O7S2. The second kappa shape index (κ2) is 15.6. The third kappa shape index (κ3) is 9.77. The molecule has 2 unspecified atom stereocenters. The number of allylic oxidation sites excluding steroid dienone is 1. The summed E-state index contributed by atoms with van der Waals surface area (Å²) in [5.41, 5.74) is 0.752. The van der Waals surface area contributed by atoms with Crippen LogP contribution >= 0.6 is 21.6 Å². The van der Waals surface area contributed by atoms with E-state index in [1.165, 1.54) is 21.6 Å². The van der Waals surface area contributed by atoms with E-state index in [0.717, 1.165) is 5.56 Å². The Morgan fingerprint density at radius 1 is 0.975 bits per heavy atom.